The van der Waals surface area contributed by atoms with E-state index in [0.29, 0.717) is 19.3 Å². The van der Waals surface area contributed by atoms with Gasteiger partial charge in [-0.1, -0.05) is 468 Å². The lowest BCUT2D eigenvalue weighted by atomic mass is 10.0. The third kappa shape index (κ3) is 106. The van der Waals surface area contributed by atoms with Crippen molar-refractivity contribution in [2.45, 2.75) is 514 Å². The molecule has 5 atom stereocenters. The molecule has 0 aromatic carbocycles. The van der Waals surface area contributed by atoms with E-state index in [1.807, 2.05) is 0 Å². The first-order valence-electron chi connectivity index (χ1n) is 54.1. The van der Waals surface area contributed by atoms with Gasteiger partial charge in [0.25, 0.3) is 0 Å². The quantitative estimate of drug-likeness (QED) is 0.0146. The van der Waals surface area contributed by atoms with Crippen LogP contribution in [0, 0.1) is 0 Å². The zero-order valence-electron chi connectivity index (χ0n) is 84.2. The Hall–Kier alpha value is -4.57. The minimum atomic E-state index is -4.95. The number of allylic oxidation sites excluding steroid dienone is 24. The van der Waals surface area contributed by atoms with Crippen LogP contribution in [0.25, 0.3) is 0 Å². The molecule has 0 aliphatic carbocycles. The van der Waals surface area contributed by atoms with Crippen molar-refractivity contribution >= 4 is 33.6 Å². The van der Waals surface area contributed by atoms with Crippen LogP contribution in [0.2, 0.25) is 0 Å². The first-order chi connectivity index (χ1) is 64.2. The monoisotopic (exact) mass is 1880 g/mol. The van der Waals surface area contributed by atoms with E-state index < -0.39 is 91.5 Å². The molecule has 0 aromatic heterocycles. The Morgan fingerprint density at radius 1 is 0.214 bits per heavy atom. The Morgan fingerprint density at radius 3 is 0.603 bits per heavy atom. The number of aliphatic hydroxyl groups excluding tert-OH is 2. The molecule has 131 heavy (non-hydrogen) atoms. The maximum absolute atomic E-state index is 13.1. The highest BCUT2D eigenvalue weighted by Crippen LogP contribution is 2.45. The highest BCUT2D eigenvalue weighted by molar-refractivity contribution is 7.47. The Balaban J connectivity index is 4.54. The highest BCUT2D eigenvalue weighted by atomic mass is 31.2. The summed E-state index contributed by atoms with van der Waals surface area (Å²) in [6.45, 7) is 2.69. The lowest BCUT2D eigenvalue weighted by Gasteiger charge is -2.21. The molecule has 16 nitrogen and oxygen atoms in total. The predicted molar refractivity (Wildman–Crippen MR) is 556 cm³/mol. The van der Waals surface area contributed by atoms with Crippen molar-refractivity contribution in [3.8, 4) is 0 Å². The van der Waals surface area contributed by atoms with Crippen molar-refractivity contribution in [1.29, 1.82) is 0 Å². The fraction of sp³-hybridized carbons (Fsp3) is 0.761. The number of unbranched alkanes of at least 4 members (excludes halogenated alkanes) is 56. The maximum atomic E-state index is 13.1. The molecule has 4 N–H and O–H groups in total. The molecule has 0 aromatic rings. The number of hydrogen-bond acceptors (Lipinski definition) is 14. The van der Waals surface area contributed by atoms with E-state index >= 15 is 0 Å². The summed E-state index contributed by atoms with van der Waals surface area (Å²) in [5.74, 6) is -1.56. The average molecular weight is 1880 g/mol. The molecule has 0 spiro atoms. The van der Waals surface area contributed by atoms with E-state index in [-0.39, 0.29) is 19.3 Å². The van der Waals surface area contributed by atoms with Crippen molar-refractivity contribution in [3.05, 3.63) is 146 Å². The molecule has 0 rings (SSSR count). The summed E-state index contributed by atoms with van der Waals surface area (Å²) in [4.78, 5) is 59.3. The largest absolute Gasteiger partial charge is 0.472 e. The van der Waals surface area contributed by atoms with Crippen molar-refractivity contribution in [2.24, 2.45) is 0 Å². The number of aliphatic hydroxyl groups is 2. The molecule has 0 heterocycles. The minimum absolute atomic E-state index is 0.0975. The van der Waals surface area contributed by atoms with Crippen molar-refractivity contribution in [2.75, 3.05) is 39.6 Å². The van der Waals surface area contributed by atoms with Gasteiger partial charge in [-0.25, -0.2) is 9.13 Å². The number of ether oxygens (including phenoxy) is 3. The van der Waals surface area contributed by atoms with Gasteiger partial charge >= 0.3 is 33.6 Å². The summed E-state index contributed by atoms with van der Waals surface area (Å²) in [5, 5.41) is 20.8. The molecule has 758 valence electrons. The molecule has 0 bridgehead atoms. The van der Waals surface area contributed by atoms with E-state index in [0.717, 1.165) is 128 Å². The van der Waals surface area contributed by atoms with Crippen LogP contribution in [-0.4, -0.2) is 95.9 Å². The van der Waals surface area contributed by atoms with Gasteiger partial charge in [-0.15, -0.1) is 0 Å². The zero-order valence-corrected chi connectivity index (χ0v) is 86.0. The van der Waals surface area contributed by atoms with Gasteiger partial charge in [-0.3, -0.25) is 32.5 Å². The van der Waals surface area contributed by atoms with Crippen LogP contribution in [-0.2, 0) is 55.8 Å². The lowest BCUT2D eigenvalue weighted by molar-refractivity contribution is -0.161. The van der Waals surface area contributed by atoms with Gasteiger partial charge in [0.05, 0.1) is 26.4 Å². The van der Waals surface area contributed by atoms with Crippen LogP contribution in [0.15, 0.2) is 146 Å². The molecular formula is C113H200O16P2. The van der Waals surface area contributed by atoms with Crippen molar-refractivity contribution < 1.29 is 75.8 Å². The molecule has 0 aliphatic heterocycles. The topological polar surface area (TPSA) is 231 Å². The van der Waals surface area contributed by atoms with Crippen molar-refractivity contribution in [1.82, 2.24) is 0 Å². The number of carbonyl (C=O) groups excluding carboxylic acids is 3. The second kappa shape index (κ2) is 104. The molecule has 0 aliphatic rings. The average Bonchev–Trinajstić information content (AvgIpc) is 0.898. The van der Waals surface area contributed by atoms with E-state index in [9.17, 15) is 43.5 Å². The fourth-order valence-electron chi connectivity index (χ4n) is 15.3. The molecular weight excluding hydrogens is 1680 g/mol. The van der Waals surface area contributed by atoms with Gasteiger partial charge in [0.1, 0.15) is 25.4 Å². The van der Waals surface area contributed by atoms with Crippen LogP contribution >= 0.6 is 15.6 Å². The molecule has 0 saturated carbocycles. The van der Waals surface area contributed by atoms with E-state index in [1.54, 1.807) is 0 Å². The van der Waals surface area contributed by atoms with Crippen LogP contribution in [0.1, 0.15) is 496 Å². The summed E-state index contributed by atoms with van der Waals surface area (Å²) in [7, 11) is -9.82. The Morgan fingerprint density at radius 2 is 0.382 bits per heavy atom. The smallest absolute Gasteiger partial charge is 0.463 e. The van der Waals surface area contributed by atoms with Gasteiger partial charge in [-0.05, 0) is 154 Å². The number of hydrogen-bond donors (Lipinski definition) is 4. The van der Waals surface area contributed by atoms with E-state index in [1.165, 1.54) is 308 Å². The highest BCUT2D eigenvalue weighted by Gasteiger charge is 2.30. The molecule has 0 saturated heterocycles. The Kier molecular flexibility index (Phi) is 101. The third-order valence-electron chi connectivity index (χ3n) is 23.5. The SMILES string of the molecule is CCCCC/C=C\C/C=C\C/C=C\C/C=C\CCCCCCCCCCCCCCCCCCCCCC(=O)OCC(O)COP(=O)(O)OCC(O)COP(=O)(O)OCC(COC(=O)CCCCCCCCCCCCCCCCCCCCC/C=C\C/C=C\C/C=C\C/C=C\CCCCC)OC(=O)CCCCCCCCCCC/C=C\C/C=C\C/C=C\C/C=C\CCCCC. The summed E-state index contributed by atoms with van der Waals surface area (Å²) >= 11 is 0. The second-order valence-electron chi connectivity index (χ2n) is 36.4. The first-order valence-corrected chi connectivity index (χ1v) is 57.1. The standard InChI is InChI=1S/C113H200O16P2/c1-4-7-10-13-16-19-22-25-28-31-34-37-40-43-45-47-49-51-53-55-57-59-61-64-66-69-72-75-78-81-84-87-90-93-96-99-111(116)123-102-108(114)103-125-130(119,120)126-104-109(115)105-127-131(121,122)128-107-110(129-113(118)101-98-95-92-89-86-83-80-77-74-71-68-63-42-39-36-33-30-27-24-21-18-15-12-9-6-3)106-124-112(117)100-97-94-91-88-85-82-79-76-73-70-67-65-62-60-58-56-54-52-50-48-46-44-41-38-35-32-29-26-23-20-17-14-11-8-5-2/h16-21,25-30,34-39,43-46,63,68,108-110,114-115H,4-15,22-24,31-33,40-42,47-62,64-67,69-107H2,1-3H3,(H,119,120)(H,121,122)/b19-16-,20-17-,21-18-,28-25-,29-26-,30-27-,37-34-,38-35-,39-36-,45-43-,46-44-,68-63-. The summed E-state index contributed by atoms with van der Waals surface area (Å²) in [6.07, 6.45) is 135. The number of phosphoric ester groups is 2. The molecule has 0 amide bonds. The van der Waals surface area contributed by atoms with Crippen LogP contribution < -0.4 is 0 Å². The van der Waals surface area contributed by atoms with Gasteiger partial charge in [0.2, 0.25) is 0 Å². The number of carbonyl (C=O) groups is 3. The van der Waals surface area contributed by atoms with Gasteiger partial charge in [0, 0.05) is 19.3 Å². The van der Waals surface area contributed by atoms with Crippen molar-refractivity contribution in [3.63, 3.8) is 0 Å². The second-order valence-corrected chi connectivity index (χ2v) is 39.3. The molecule has 0 fully saturated rings. The maximum Gasteiger partial charge on any atom is 0.472 e. The van der Waals surface area contributed by atoms with E-state index in [4.69, 9.17) is 32.3 Å². The summed E-state index contributed by atoms with van der Waals surface area (Å²) in [5.41, 5.74) is 0. The van der Waals surface area contributed by atoms with Gasteiger partial charge in [0.15, 0.2) is 6.10 Å². The molecule has 5 unspecified atom stereocenters. The number of esters is 3. The zero-order chi connectivity index (χ0) is 95.0. The third-order valence-corrected chi connectivity index (χ3v) is 25.4. The molecule has 18 heteroatoms. The predicted octanol–water partition coefficient (Wildman–Crippen LogP) is 34.6. The fourth-order valence-corrected chi connectivity index (χ4v) is 16.9. The first kappa shape index (κ1) is 126. The number of phosphoric acid groups is 2. The Labute approximate surface area is 804 Å². The minimum Gasteiger partial charge on any atom is -0.463 e. The van der Waals surface area contributed by atoms with E-state index in [2.05, 4.69) is 167 Å². The van der Waals surface area contributed by atoms with Gasteiger partial charge < -0.3 is 34.2 Å². The van der Waals surface area contributed by atoms with Crippen LogP contribution in [0.5, 0.6) is 0 Å². The van der Waals surface area contributed by atoms with Crippen LogP contribution in [0.4, 0.5) is 0 Å². The van der Waals surface area contributed by atoms with Crippen LogP contribution in [0.3, 0.4) is 0 Å². The Bertz CT molecular complexity index is 2960. The number of rotatable bonds is 103. The molecule has 0 radical (unpaired) electrons. The summed E-state index contributed by atoms with van der Waals surface area (Å²) in [6, 6.07) is 0. The van der Waals surface area contributed by atoms with Gasteiger partial charge in [-0.2, -0.15) is 0 Å². The normalized spacial score (nSPS) is 14.2. The summed E-state index contributed by atoms with van der Waals surface area (Å²) < 4.78 is 61.8. The lowest BCUT2D eigenvalue weighted by Crippen LogP contribution is -2.30.